The monoisotopic (exact) mass is 512 g/mol. The molecule has 0 spiro atoms. The van der Waals surface area contributed by atoms with Crippen molar-refractivity contribution in [3.63, 3.8) is 0 Å². The van der Waals surface area contributed by atoms with E-state index in [1.807, 2.05) is 5.32 Å². The molecule has 0 aliphatic carbocycles. The first-order chi connectivity index (χ1) is 16.1. The molecule has 1 aromatic carbocycles. The van der Waals surface area contributed by atoms with Crippen molar-refractivity contribution in [2.24, 2.45) is 16.5 Å². The number of hydrogen-bond acceptors (Lipinski definition) is 5. The van der Waals surface area contributed by atoms with Crippen LogP contribution in [0.4, 0.5) is 26.3 Å². The summed E-state index contributed by atoms with van der Waals surface area (Å²) in [6, 6.07) is 0.0561. The highest BCUT2D eigenvalue weighted by atomic mass is 19.4. The molecule has 1 heterocycles. The van der Waals surface area contributed by atoms with E-state index in [4.69, 9.17) is 16.2 Å². The van der Waals surface area contributed by atoms with Crippen LogP contribution in [0.2, 0.25) is 0 Å². The Morgan fingerprint density at radius 1 is 1.23 bits per heavy atom. The summed E-state index contributed by atoms with van der Waals surface area (Å²) in [5, 5.41) is 11.3. The summed E-state index contributed by atoms with van der Waals surface area (Å²) in [5.74, 6) is -4.29. The minimum atomic E-state index is -5.10. The zero-order valence-electron chi connectivity index (χ0n) is 18.2. The average molecular weight is 512 g/mol. The number of alkyl halides is 6. The van der Waals surface area contributed by atoms with E-state index >= 15 is 0 Å². The normalized spacial score (nSPS) is 16.3. The topological polar surface area (TPSA) is 149 Å². The first-order valence-corrected chi connectivity index (χ1v) is 10.1. The highest BCUT2D eigenvalue weighted by Gasteiger charge is 2.49. The van der Waals surface area contributed by atoms with E-state index in [0.717, 1.165) is 12.1 Å². The van der Waals surface area contributed by atoms with Gasteiger partial charge in [0.25, 0.3) is 5.91 Å². The summed E-state index contributed by atoms with van der Waals surface area (Å²) in [5.41, 5.74) is 8.98. The summed E-state index contributed by atoms with van der Waals surface area (Å²) < 4.78 is 88.1. The van der Waals surface area contributed by atoms with Gasteiger partial charge in [-0.25, -0.2) is 4.79 Å². The molecule has 0 aromatic heterocycles. The number of aryl methyl sites for hydroxylation is 1. The fraction of sp³-hybridized carbons (Fsp3) is 0.450. The SMILES string of the molecule is CCc1cc(OC(F)(F)F)cc2c1O[C@H](C(F)(F)F)C(C(=O)N[C@@H](CCCN=C(N)N)C(=O)O)=C2. The lowest BCUT2D eigenvalue weighted by Crippen LogP contribution is -2.48. The Morgan fingerprint density at radius 2 is 1.89 bits per heavy atom. The predicted octanol–water partition coefficient (Wildman–Crippen LogP) is 2.48. The zero-order valence-corrected chi connectivity index (χ0v) is 18.2. The van der Waals surface area contributed by atoms with Gasteiger partial charge in [0, 0.05) is 12.1 Å². The Kier molecular flexibility index (Phi) is 8.46. The van der Waals surface area contributed by atoms with Crippen molar-refractivity contribution in [1.82, 2.24) is 5.32 Å². The average Bonchev–Trinajstić information content (AvgIpc) is 2.71. The van der Waals surface area contributed by atoms with Crippen molar-refractivity contribution in [2.75, 3.05) is 6.54 Å². The van der Waals surface area contributed by atoms with Crippen LogP contribution in [0.15, 0.2) is 22.7 Å². The lowest BCUT2D eigenvalue weighted by Gasteiger charge is -2.30. The number of hydrogen-bond donors (Lipinski definition) is 4. The van der Waals surface area contributed by atoms with Crippen molar-refractivity contribution in [2.45, 2.75) is 50.9 Å². The number of halogens is 6. The number of fused-ring (bicyclic) bond motifs is 1. The van der Waals surface area contributed by atoms with E-state index in [9.17, 15) is 41.0 Å². The van der Waals surface area contributed by atoms with E-state index in [-0.39, 0.29) is 48.6 Å². The van der Waals surface area contributed by atoms with Crippen LogP contribution in [0.1, 0.15) is 30.9 Å². The molecule has 6 N–H and O–H groups in total. The van der Waals surface area contributed by atoms with Gasteiger partial charge < -0.3 is 31.4 Å². The predicted molar refractivity (Wildman–Crippen MR) is 110 cm³/mol. The van der Waals surface area contributed by atoms with E-state index in [0.29, 0.717) is 6.08 Å². The number of ether oxygens (including phenoxy) is 2. The van der Waals surface area contributed by atoms with Crippen molar-refractivity contribution in [3.8, 4) is 11.5 Å². The minimum absolute atomic E-state index is 0.00573. The summed E-state index contributed by atoms with van der Waals surface area (Å²) >= 11 is 0. The van der Waals surface area contributed by atoms with Crippen LogP contribution in [0, 0.1) is 0 Å². The molecule has 0 fully saturated rings. The molecule has 0 saturated heterocycles. The fourth-order valence-corrected chi connectivity index (χ4v) is 3.24. The third-order valence-electron chi connectivity index (χ3n) is 4.72. The van der Waals surface area contributed by atoms with Crippen molar-refractivity contribution < 1.29 is 50.5 Å². The van der Waals surface area contributed by atoms with Gasteiger partial charge in [-0.3, -0.25) is 9.79 Å². The lowest BCUT2D eigenvalue weighted by atomic mass is 9.96. The van der Waals surface area contributed by atoms with Crippen LogP contribution in [0.25, 0.3) is 6.08 Å². The second kappa shape index (κ2) is 10.7. The molecule has 9 nitrogen and oxygen atoms in total. The molecule has 0 unspecified atom stereocenters. The van der Waals surface area contributed by atoms with Gasteiger partial charge in [-0.2, -0.15) is 13.2 Å². The minimum Gasteiger partial charge on any atom is -0.480 e. The standard InChI is InChI=1S/C20H22F6N4O5/c1-2-9-6-11(35-20(24,25)26)7-10-8-12(15(19(21,22)23)34-14(9)10)16(31)30-13(17(32)33)4-3-5-29-18(27)28/h6-8,13,15H,2-5H2,1H3,(H,30,31)(H,32,33)(H4,27,28,29)/t13-,15-/m0/s1. The molecule has 1 aliphatic rings. The molecule has 0 bridgehead atoms. The van der Waals surface area contributed by atoms with E-state index in [2.05, 4.69) is 9.73 Å². The smallest absolute Gasteiger partial charge is 0.480 e. The lowest BCUT2D eigenvalue weighted by molar-refractivity contribution is -0.274. The molecule has 1 aliphatic heterocycles. The van der Waals surface area contributed by atoms with Gasteiger partial charge in [-0.05, 0) is 43.0 Å². The van der Waals surface area contributed by atoms with Crippen LogP contribution in [-0.2, 0) is 16.0 Å². The molecule has 35 heavy (non-hydrogen) atoms. The second-order valence-corrected chi connectivity index (χ2v) is 7.35. The number of benzene rings is 1. The number of nitrogens with one attached hydrogen (secondary N) is 1. The molecule has 2 rings (SSSR count). The number of carboxylic acids is 1. The molecule has 1 amide bonds. The number of aliphatic imine (C=N–C) groups is 1. The van der Waals surface area contributed by atoms with E-state index < -0.39 is 47.9 Å². The van der Waals surface area contributed by atoms with E-state index in [1.165, 1.54) is 6.92 Å². The van der Waals surface area contributed by atoms with Gasteiger partial charge in [-0.1, -0.05) is 6.92 Å². The van der Waals surface area contributed by atoms with Crippen LogP contribution >= 0.6 is 0 Å². The van der Waals surface area contributed by atoms with Crippen molar-refractivity contribution in [3.05, 3.63) is 28.8 Å². The highest BCUT2D eigenvalue weighted by Crippen LogP contribution is 2.42. The molecule has 15 heteroatoms. The Hall–Kier alpha value is -3.65. The second-order valence-electron chi connectivity index (χ2n) is 7.35. The summed E-state index contributed by atoms with van der Waals surface area (Å²) in [6.07, 6.45) is -12.4. The van der Waals surface area contributed by atoms with Gasteiger partial charge in [0.05, 0.1) is 5.57 Å². The summed E-state index contributed by atoms with van der Waals surface area (Å²) in [4.78, 5) is 27.8. The molecular formula is C20H22F6N4O5. The van der Waals surface area contributed by atoms with Gasteiger partial charge in [0.1, 0.15) is 17.5 Å². The molecule has 0 saturated carbocycles. The van der Waals surface area contributed by atoms with Crippen LogP contribution in [0.5, 0.6) is 11.5 Å². The number of carboxylic acid groups (broad SMARTS) is 1. The quantitative estimate of drug-likeness (QED) is 0.172. The molecule has 1 aromatic rings. The number of nitrogens with two attached hydrogens (primary N) is 2. The number of carbonyl (C=O) groups is 2. The Labute approximate surface area is 194 Å². The maximum absolute atomic E-state index is 13.7. The van der Waals surface area contributed by atoms with Crippen LogP contribution in [0.3, 0.4) is 0 Å². The number of guanidine groups is 1. The number of nitrogens with zero attached hydrogens (tertiary/aromatic N) is 1. The van der Waals surface area contributed by atoms with Crippen molar-refractivity contribution >= 4 is 23.9 Å². The van der Waals surface area contributed by atoms with Gasteiger partial charge in [0.2, 0.25) is 6.10 Å². The van der Waals surface area contributed by atoms with Gasteiger partial charge in [0.15, 0.2) is 5.96 Å². The summed E-state index contributed by atoms with van der Waals surface area (Å²) in [6.45, 7) is 1.48. The first-order valence-electron chi connectivity index (χ1n) is 10.1. The number of rotatable bonds is 9. The maximum atomic E-state index is 13.7. The van der Waals surface area contributed by atoms with Gasteiger partial charge in [-0.15, -0.1) is 13.2 Å². The van der Waals surface area contributed by atoms with Crippen LogP contribution < -0.4 is 26.3 Å². The van der Waals surface area contributed by atoms with Crippen LogP contribution in [-0.4, -0.2) is 54.2 Å². The Bertz CT molecular complexity index is 1020. The Balaban J connectivity index is 2.42. The Morgan fingerprint density at radius 3 is 2.40 bits per heavy atom. The largest absolute Gasteiger partial charge is 0.573 e. The molecule has 194 valence electrons. The maximum Gasteiger partial charge on any atom is 0.573 e. The first kappa shape index (κ1) is 27.6. The molecule has 2 atom stereocenters. The third kappa shape index (κ3) is 7.68. The third-order valence-corrected chi connectivity index (χ3v) is 4.72. The molecular weight excluding hydrogens is 490 g/mol. The van der Waals surface area contributed by atoms with Gasteiger partial charge >= 0.3 is 18.5 Å². The fourth-order valence-electron chi connectivity index (χ4n) is 3.24. The number of amides is 1. The zero-order chi connectivity index (χ0) is 26.6. The molecule has 0 radical (unpaired) electrons. The number of carbonyl (C=O) groups excluding carboxylic acids is 1. The van der Waals surface area contributed by atoms with Crippen molar-refractivity contribution in [1.29, 1.82) is 0 Å². The number of aliphatic carboxylic acids is 1. The highest BCUT2D eigenvalue weighted by molar-refractivity contribution is 6.02. The van der Waals surface area contributed by atoms with E-state index in [1.54, 1.807) is 0 Å². The summed E-state index contributed by atoms with van der Waals surface area (Å²) in [7, 11) is 0.